The Morgan fingerprint density at radius 2 is 1.87 bits per heavy atom. The smallest absolute Gasteiger partial charge is 0.269 e. The van der Waals surface area contributed by atoms with E-state index in [0.29, 0.717) is 30.2 Å². The number of halogens is 1. The van der Waals surface area contributed by atoms with Crippen LogP contribution in [-0.2, 0) is 4.79 Å². The third-order valence-electron chi connectivity index (χ3n) is 4.67. The third-order valence-corrected chi connectivity index (χ3v) is 4.67. The molecule has 1 fully saturated rings. The number of carbonyl (C=O) groups excluding carboxylic acids is 1. The van der Waals surface area contributed by atoms with E-state index in [1.807, 2.05) is 4.90 Å². The Bertz CT molecular complexity index is 1070. The van der Waals surface area contributed by atoms with Crippen molar-refractivity contribution in [3.05, 3.63) is 82.3 Å². The summed E-state index contributed by atoms with van der Waals surface area (Å²) in [5, 5.41) is 16.6. The topological polar surface area (TPSA) is 113 Å². The molecule has 4 rings (SSSR count). The summed E-state index contributed by atoms with van der Waals surface area (Å²) in [6.45, 7) is 0.966. The van der Waals surface area contributed by atoms with Gasteiger partial charge in [-0.15, -0.1) is 0 Å². The quantitative estimate of drug-likeness (QED) is 0.493. The summed E-state index contributed by atoms with van der Waals surface area (Å²) < 4.78 is 13.3. The molecule has 0 saturated carbocycles. The van der Waals surface area contributed by atoms with Crippen LogP contribution >= 0.6 is 0 Å². The predicted octanol–water partition coefficient (Wildman–Crippen LogP) is 2.95. The minimum Gasteiger partial charge on any atom is -0.352 e. The molecular weight excluding hydrogens is 391 g/mol. The number of benzene rings is 2. The zero-order valence-corrected chi connectivity index (χ0v) is 15.7. The highest BCUT2D eigenvalue weighted by atomic mass is 19.1. The van der Waals surface area contributed by atoms with Crippen molar-refractivity contribution < 1.29 is 14.1 Å². The van der Waals surface area contributed by atoms with Gasteiger partial charge in [0.1, 0.15) is 17.7 Å². The molecule has 0 bridgehead atoms. The number of amides is 1. The number of nitro benzene ring substituents is 1. The summed E-state index contributed by atoms with van der Waals surface area (Å²) in [6, 6.07) is 12.7. The highest BCUT2D eigenvalue weighted by molar-refractivity contribution is 5.87. The van der Waals surface area contributed by atoms with E-state index in [4.69, 9.17) is 0 Å². The first kappa shape index (κ1) is 19.2. The lowest BCUT2D eigenvalue weighted by Crippen LogP contribution is -2.50. The van der Waals surface area contributed by atoms with Gasteiger partial charge >= 0.3 is 0 Å². The molecule has 9 nitrogen and oxygen atoms in total. The number of aromatic nitrogens is 2. The fourth-order valence-electron chi connectivity index (χ4n) is 3.26. The number of nitrogens with one attached hydrogen (secondary N) is 2. The van der Waals surface area contributed by atoms with E-state index in [-0.39, 0.29) is 23.4 Å². The number of rotatable bonds is 5. The average molecular weight is 408 g/mol. The first-order chi connectivity index (χ1) is 14.5. The molecule has 1 saturated heterocycles. The highest BCUT2D eigenvalue weighted by Gasteiger charge is 2.32. The number of anilines is 3. The summed E-state index contributed by atoms with van der Waals surface area (Å²) in [4.78, 5) is 33.4. The Labute approximate surface area is 170 Å². The van der Waals surface area contributed by atoms with Crippen LogP contribution in [0.25, 0.3) is 0 Å². The van der Waals surface area contributed by atoms with Crippen molar-refractivity contribution in [3.8, 4) is 0 Å². The van der Waals surface area contributed by atoms with Gasteiger partial charge in [0.25, 0.3) is 5.69 Å². The maximum Gasteiger partial charge on any atom is 0.269 e. The third kappa shape index (κ3) is 4.02. The maximum atomic E-state index is 13.3. The second-order valence-corrected chi connectivity index (χ2v) is 6.61. The number of carbonyl (C=O) groups is 1. The fraction of sp³-hybridized carbons (Fsp3) is 0.150. The first-order valence-electron chi connectivity index (χ1n) is 9.15. The van der Waals surface area contributed by atoms with Gasteiger partial charge in [-0.25, -0.2) is 9.37 Å². The van der Waals surface area contributed by atoms with Crippen molar-refractivity contribution in [1.82, 2.24) is 15.3 Å². The van der Waals surface area contributed by atoms with Crippen molar-refractivity contribution in [1.29, 1.82) is 0 Å². The van der Waals surface area contributed by atoms with E-state index in [1.165, 1.54) is 24.3 Å². The van der Waals surface area contributed by atoms with Gasteiger partial charge < -0.3 is 15.5 Å². The van der Waals surface area contributed by atoms with Crippen LogP contribution in [0.1, 0.15) is 11.6 Å². The molecule has 1 unspecified atom stereocenters. The second kappa shape index (κ2) is 8.11. The van der Waals surface area contributed by atoms with Crippen LogP contribution in [0, 0.1) is 15.9 Å². The SMILES string of the molecule is O=C1NCCN(c2ccnc(Nc3ccc([N+](=O)[O-])cc3)n2)C1c1ccc(F)cc1. The van der Waals surface area contributed by atoms with E-state index in [2.05, 4.69) is 20.6 Å². The predicted molar refractivity (Wildman–Crippen MR) is 108 cm³/mol. The normalized spacial score (nSPS) is 16.1. The molecule has 2 N–H and O–H groups in total. The molecule has 2 heterocycles. The van der Waals surface area contributed by atoms with E-state index in [1.54, 1.807) is 36.5 Å². The molecule has 10 heteroatoms. The van der Waals surface area contributed by atoms with Gasteiger partial charge in [0, 0.05) is 37.1 Å². The Morgan fingerprint density at radius 1 is 1.13 bits per heavy atom. The van der Waals surface area contributed by atoms with Crippen LogP contribution in [0.3, 0.4) is 0 Å². The number of nitro groups is 1. The number of piperazine rings is 1. The molecule has 0 aliphatic carbocycles. The van der Waals surface area contributed by atoms with Gasteiger partial charge in [-0.3, -0.25) is 14.9 Å². The van der Waals surface area contributed by atoms with Crippen LogP contribution in [0.5, 0.6) is 0 Å². The fourth-order valence-corrected chi connectivity index (χ4v) is 3.26. The molecule has 0 radical (unpaired) electrons. The van der Waals surface area contributed by atoms with Crippen LogP contribution in [0.15, 0.2) is 60.8 Å². The average Bonchev–Trinajstić information content (AvgIpc) is 2.75. The van der Waals surface area contributed by atoms with Crippen LogP contribution in [-0.4, -0.2) is 33.9 Å². The van der Waals surface area contributed by atoms with Crippen molar-refractivity contribution in [2.75, 3.05) is 23.3 Å². The Hall–Kier alpha value is -4.08. The Morgan fingerprint density at radius 3 is 2.57 bits per heavy atom. The van der Waals surface area contributed by atoms with Gasteiger partial charge in [0.2, 0.25) is 11.9 Å². The molecule has 1 atom stereocenters. The second-order valence-electron chi connectivity index (χ2n) is 6.61. The largest absolute Gasteiger partial charge is 0.352 e. The van der Waals surface area contributed by atoms with Crippen molar-refractivity contribution in [3.63, 3.8) is 0 Å². The molecule has 30 heavy (non-hydrogen) atoms. The number of nitrogens with zero attached hydrogens (tertiary/aromatic N) is 4. The molecule has 1 aliphatic rings. The lowest BCUT2D eigenvalue weighted by Gasteiger charge is -2.36. The summed E-state index contributed by atoms with van der Waals surface area (Å²) in [5.74, 6) is 0.235. The van der Waals surface area contributed by atoms with Gasteiger partial charge in [-0.1, -0.05) is 12.1 Å². The van der Waals surface area contributed by atoms with Crippen LogP contribution in [0.4, 0.5) is 27.5 Å². The van der Waals surface area contributed by atoms with Gasteiger partial charge in [-0.2, -0.15) is 4.98 Å². The number of non-ortho nitro benzene ring substituents is 1. The summed E-state index contributed by atoms with van der Waals surface area (Å²) in [7, 11) is 0. The number of hydrogen-bond donors (Lipinski definition) is 2. The van der Waals surface area contributed by atoms with E-state index in [0.717, 1.165) is 0 Å². The lowest BCUT2D eigenvalue weighted by molar-refractivity contribution is -0.384. The van der Waals surface area contributed by atoms with E-state index in [9.17, 15) is 19.3 Å². The standard InChI is InChI=1S/C20H17FN6O3/c21-14-3-1-13(2-4-14)18-19(28)22-11-12-26(18)17-9-10-23-20(25-17)24-15-5-7-16(8-6-15)27(29)30/h1-10,18H,11-12H2,(H,22,28)(H,23,24,25). The Kier molecular flexibility index (Phi) is 5.21. The van der Waals surface area contributed by atoms with Gasteiger partial charge in [0.15, 0.2) is 0 Å². The molecule has 2 aromatic carbocycles. The molecule has 1 aliphatic heterocycles. The minimum atomic E-state index is -0.651. The number of hydrogen-bond acceptors (Lipinski definition) is 7. The lowest BCUT2D eigenvalue weighted by atomic mass is 10.0. The van der Waals surface area contributed by atoms with Gasteiger partial charge in [0.05, 0.1) is 4.92 Å². The molecule has 0 spiro atoms. The van der Waals surface area contributed by atoms with Crippen molar-refractivity contribution >= 4 is 29.0 Å². The molecule has 3 aromatic rings. The van der Waals surface area contributed by atoms with Crippen LogP contribution < -0.4 is 15.5 Å². The summed E-state index contributed by atoms with van der Waals surface area (Å²) in [6.07, 6.45) is 1.56. The van der Waals surface area contributed by atoms with Crippen molar-refractivity contribution in [2.45, 2.75) is 6.04 Å². The maximum absolute atomic E-state index is 13.3. The zero-order valence-electron chi connectivity index (χ0n) is 15.7. The molecule has 152 valence electrons. The van der Waals surface area contributed by atoms with E-state index >= 15 is 0 Å². The summed E-state index contributed by atoms with van der Waals surface area (Å²) >= 11 is 0. The van der Waals surface area contributed by atoms with Crippen LogP contribution in [0.2, 0.25) is 0 Å². The first-order valence-corrected chi connectivity index (χ1v) is 9.15. The van der Waals surface area contributed by atoms with Gasteiger partial charge in [-0.05, 0) is 35.9 Å². The van der Waals surface area contributed by atoms with Crippen molar-refractivity contribution in [2.24, 2.45) is 0 Å². The highest BCUT2D eigenvalue weighted by Crippen LogP contribution is 2.29. The minimum absolute atomic E-state index is 0.0170. The summed E-state index contributed by atoms with van der Waals surface area (Å²) in [5.41, 5.74) is 1.22. The van der Waals surface area contributed by atoms with E-state index < -0.39 is 11.0 Å². The zero-order chi connectivity index (χ0) is 21.1. The monoisotopic (exact) mass is 408 g/mol. The molecular formula is C20H17FN6O3. The Balaban J connectivity index is 1.60. The molecule has 1 aromatic heterocycles. The molecule has 1 amide bonds.